The Kier molecular flexibility index (Phi) is 10.1. The number of benzene rings is 2. The quantitative estimate of drug-likeness (QED) is 0.213. The number of halogens is 1. The van der Waals surface area contributed by atoms with Gasteiger partial charge < -0.3 is 20.1 Å². The van der Waals surface area contributed by atoms with E-state index in [0.717, 1.165) is 105 Å². The zero-order chi connectivity index (χ0) is 39.2. The number of piperazine rings is 1. The summed E-state index contributed by atoms with van der Waals surface area (Å²) >= 11 is 6.54. The van der Waals surface area contributed by atoms with Gasteiger partial charge in [0.25, 0.3) is 11.8 Å². The molecule has 2 atom stereocenters. The Morgan fingerprint density at radius 2 is 1.65 bits per heavy atom. The number of aromatic nitrogens is 3. The number of fused-ring (bicyclic) bond motifs is 2. The lowest BCUT2D eigenvalue weighted by atomic mass is 9.95. The average molecular weight is 793 g/mol. The van der Waals surface area contributed by atoms with Crippen LogP contribution in [-0.4, -0.2) is 142 Å². The van der Waals surface area contributed by atoms with Gasteiger partial charge in [-0.05, 0) is 55.9 Å². The second kappa shape index (κ2) is 15.5. The smallest absolute Gasteiger partial charge is 0.262 e. The van der Waals surface area contributed by atoms with E-state index in [1.54, 1.807) is 18.3 Å². The van der Waals surface area contributed by atoms with E-state index in [2.05, 4.69) is 35.3 Å². The van der Waals surface area contributed by atoms with Crippen LogP contribution in [-0.2, 0) is 14.4 Å². The van der Waals surface area contributed by atoms with Crippen LogP contribution < -0.4 is 15.5 Å². The number of hydrogen-bond acceptors (Lipinski definition) is 11. The summed E-state index contributed by atoms with van der Waals surface area (Å²) in [6.45, 7) is 7.83. The van der Waals surface area contributed by atoms with Gasteiger partial charge in [0, 0.05) is 99.7 Å². The van der Waals surface area contributed by atoms with E-state index in [9.17, 15) is 24.0 Å². The Balaban J connectivity index is 0.712. The molecular weight excluding hydrogens is 748 g/mol. The molecule has 15 nitrogen and oxygen atoms in total. The Bertz CT molecular complexity index is 2250. The molecule has 2 aromatic carbocycles. The molecule has 1 unspecified atom stereocenters. The van der Waals surface area contributed by atoms with E-state index < -0.39 is 29.7 Å². The minimum absolute atomic E-state index is 0.0906. The molecule has 3 N–H and O–H groups in total. The van der Waals surface area contributed by atoms with Crippen molar-refractivity contribution in [1.29, 1.82) is 0 Å². The van der Waals surface area contributed by atoms with Crippen LogP contribution in [0.25, 0.3) is 22.2 Å². The first-order valence-corrected chi connectivity index (χ1v) is 20.2. The normalized spacial score (nSPS) is 22.4. The number of likely N-dealkylation sites (tertiary alicyclic amines) is 2. The molecule has 2 aromatic heterocycles. The fraction of sp³-hybridized carbons (Fsp3) is 0.439. The van der Waals surface area contributed by atoms with Crippen molar-refractivity contribution in [2.24, 2.45) is 5.92 Å². The van der Waals surface area contributed by atoms with E-state index in [0.29, 0.717) is 40.3 Å². The molecule has 16 heteroatoms. The number of para-hydroxylation sites is 1. The first kappa shape index (κ1) is 37.2. The van der Waals surface area contributed by atoms with E-state index in [-0.39, 0.29) is 24.8 Å². The maximum Gasteiger partial charge on any atom is 0.262 e. The number of hydrogen-bond donors (Lipinski definition) is 3. The molecule has 0 aliphatic carbocycles. The molecule has 4 fully saturated rings. The van der Waals surface area contributed by atoms with Crippen molar-refractivity contribution in [3.8, 4) is 11.3 Å². The highest BCUT2D eigenvalue weighted by atomic mass is 35.5. The minimum Gasteiger partial charge on any atom is -0.369 e. The molecule has 7 heterocycles. The van der Waals surface area contributed by atoms with Crippen molar-refractivity contribution in [3.05, 3.63) is 71.0 Å². The maximum absolute atomic E-state index is 13.4. The van der Waals surface area contributed by atoms with Crippen molar-refractivity contribution in [2.75, 3.05) is 75.7 Å². The molecule has 5 aliphatic heterocycles. The number of rotatable bonds is 9. The minimum atomic E-state index is -0.975. The molecule has 9 rings (SSSR count). The van der Waals surface area contributed by atoms with E-state index in [1.807, 2.05) is 41.4 Å². The van der Waals surface area contributed by atoms with Gasteiger partial charge in [-0.25, -0.2) is 9.97 Å². The SMILES string of the molecule is O=C1CCC(N2C(=O)c3ccc(N4CCN(CC5CCN(C(=O)CN6CC[C@@H](Nc7ncc(Cl)c(-c8c[nH]c9ccccc89)n7)C6)CC5)CC4)cc3C2=O)C(=O)N1. The topological polar surface area (TPSA) is 167 Å². The van der Waals surface area contributed by atoms with Gasteiger partial charge in [-0.2, -0.15) is 0 Å². The molecule has 0 bridgehead atoms. The third-order valence-electron chi connectivity index (χ3n) is 12.2. The third-order valence-corrected chi connectivity index (χ3v) is 12.5. The lowest BCUT2D eigenvalue weighted by Crippen LogP contribution is -2.54. The number of amides is 5. The number of aromatic amines is 1. The van der Waals surface area contributed by atoms with Crippen molar-refractivity contribution in [1.82, 2.24) is 39.9 Å². The molecule has 4 saturated heterocycles. The third kappa shape index (κ3) is 7.46. The van der Waals surface area contributed by atoms with E-state index in [1.165, 1.54) is 0 Å². The summed E-state index contributed by atoms with van der Waals surface area (Å²) in [5, 5.41) is 7.26. The van der Waals surface area contributed by atoms with Crippen LogP contribution in [0.2, 0.25) is 5.02 Å². The Labute approximate surface area is 334 Å². The number of imide groups is 2. The van der Waals surface area contributed by atoms with Gasteiger partial charge in [-0.15, -0.1) is 0 Å². The van der Waals surface area contributed by atoms with Gasteiger partial charge >= 0.3 is 0 Å². The Hall–Kier alpha value is -5.38. The van der Waals surface area contributed by atoms with E-state index in [4.69, 9.17) is 16.6 Å². The van der Waals surface area contributed by atoms with Crippen molar-refractivity contribution >= 4 is 63.7 Å². The fourth-order valence-electron chi connectivity index (χ4n) is 9.04. The van der Waals surface area contributed by atoms with Gasteiger partial charge in [0.1, 0.15) is 6.04 Å². The largest absolute Gasteiger partial charge is 0.369 e. The second-order valence-corrected chi connectivity index (χ2v) is 16.2. The zero-order valence-corrected chi connectivity index (χ0v) is 32.3. The number of anilines is 2. The predicted molar refractivity (Wildman–Crippen MR) is 214 cm³/mol. The maximum atomic E-state index is 13.4. The molecular formula is C41H45ClN10O5. The van der Waals surface area contributed by atoms with Gasteiger partial charge in [0.15, 0.2) is 0 Å². The highest BCUT2D eigenvalue weighted by Gasteiger charge is 2.45. The number of carbonyl (C=O) groups excluding carboxylic acids is 5. The summed E-state index contributed by atoms with van der Waals surface area (Å²) in [6.07, 6.45) is 6.64. The van der Waals surface area contributed by atoms with Gasteiger partial charge in [-0.3, -0.25) is 44.0 Å². The van der Waals surface area contributed by atoms with Crippen LogP contribution in [0, 0.1) is 5.92 Å². The monoisotopic (exact) mass is 792 g/mol. The number of nitrogens with zero attached hydrogens (tertiary/aromatic N) is 7. The highest BCUT2D eigenvalue weighted by Crippen LogP contribution is 2.34. The summed E-state index contributed by atoms with van der Waals surface area (Å²) in [6, 6.07) is 12.5. The van der Waals surface area contributed by atoms with Crippen LogP contribution in [0.4, 0.5) is 11.6 Å². The first-order chi connectivity index (χ1) is 27.7. The highest BCUT2D eigenvalue weighted by molar-refractivity contribution is 6.33. The molecule has 296 valence electrons. The summed E-state index contributed by atoms with van der Waals surface area (Å²) in [7, 11) is 0. The Morgan fingerprint density at radius 3 is 2.46 bits per heavy atom. The molecule has 0 radical (unpaired) electrons. The Morgan fingerprint density at radius 1 is 0.860 bits per heavy atom. The summed E-state index contributed by atoms with van der Waals surface area (Å²) in [5.74, 6) is -0.749. The van der Waals surface area contributed by atoms with Crippen LogP contribution in [0.3, 0.4) is 0 Å². The van der Waals surface area contributed by atoms with Crippen molar-refractivity contribution < 1.29 is 24.0 Å². The first-order valence-electron chi connectivity index (χ1n) is 19.9. The lowest BCUT2D eigenvalue weighted by Gasteiger charge is -2.40. The van der Waals surface area contributed by atoms with Crippen molar-refractivity contribution in [3.63, 3.8) is 0 Å². The van der Waals surface area contributed by atoms with Crippen molar-refractivity contribution in [2.45, 2.75) is 44.2 Å². The average Bonchev–Trinajstić information content (AvgIpc) is 3.92. The van der Waals surface area contributed by atoms with E-state index >= 15 is 0 Å². The van der Waals surface area contributed by atoms with Gasteiger partial charge in [-0.1, -0.05) is 29.8 Å². The zero-order valence-electron chi connectivity index (χ0n) is 31.6. The van der Waals surface area contributed by atoms with Crippen LogP contribution >= 0.6 is 11.6 Å². The van der Waals surface area contributed by atoms with Crippen LogP contribution in [0.15, 0.2) is 54.9 Å². The fourth-order valence-corrected chi connectivity index (χ4v) is 9.23. The lowest BCUT2D eigenvalue weighted by molar-refractivity contribution is -0.136. The predicted octanol–water partition coefficient (Wildman–Crippen LogP) is 3.23. The number of piperidine rings is 2. The summed E-state index contributed by atoms with van der Waals surface area (Å²) < 4.78 is 0. The van der Waals surface area contributed by atoms with Gasteiger partial charge in [0.05, 0.1) is 34.6 Å². The molecule has 5 amide bonds. The van der Waals surface area contributed by atoms with Gasteiger partial charge in [0.2, 0.25) is 23.7 Å². The molecule has 0 saturated carbocycles. The standard InChI is InChI=1S/C41H45ClN10O5/c42-32-21-44-41(47-37(32)31-20-43-33-4-2-1-3-28(31)33)45-26-11-12-49(23-26)24-36(54)51-13-9-25(10-14-51)22-48-15-17-50(18-16-48)27-5-6-29-30(19-27)40(57)52(39(29)56)34-7-8-35(53)46-38(34)55/h1-6,19-21,25-26,34,43H,7-18,22-24H2,(H,44,45,47)(H,46,53,55)/t26-,34?/m1/s1. The van der Waals surface area contributed by atoms with Crippen LogP contribution in [0.1, 0.15) is 52.8 Å². The second-order valence-electron chi connectivity index (χ2n) is 15.8. The molecule has 4 aromatic rings. The number of H-pyrrole nitrogens is 1. The van der Waals surface area contributed by atoms with Crippen LogP contribution in [0.5, 0.6) is 0 Å². The number of nitrogens with one attached hydrogen (secondary N) is 3. The molecule has 5 aliphatic rings. The summed E-state index contributed by atoms with van der Waals surface area (Å²) in [5.41, 5.74) is 4.10. The summed E-state index contributed by atoms with van der Waals surface area (Å²) in [4.78, 5) is 86.3. The molecule has 57 heavy (non-hydrogen) atoms. The molecule has 0 spiro atoms. The number of carbonyl (C=O) groups is 5.